The molecule has 1 aromatic heterocycles. The Morgan fingerprint density at radius 2 is 2.35 bits per heavy atom. The molecule has 0 aromatic carbocycles. The molecular weight excluding hydrogens is 218 g/mol. The van der Waals surface area contributed by atoms with E-state index >= 15 is 0 Å². The molecule has 0 bridgehead atoms. The van der Waals surface area contributed by atoms with Gasteiger partial charge in [0.25, 0.3) is 5.91 Å². The van der Waals surface area contributed by atoms with Crippen LogP contribution in [0.2, 0.25) is 0 Å². The highest BCUT2D eigenvalue weighted by Gasteiger charge is 2.26. The number of amides is 1. The molecule has 1 aliphatic rings. The maximum absolute atomic E-state index is 12.2. The Morgan fingerprint density at radius 1 is 1.59 bits per heavy atom. The number of ether oxygens (including phenoxy) is 1. The van der Waals surface area contributed by atoms with Crippen molar-refractivity contribution in [2.75, 3.05) is 19.8 Å². The molecule has 0 unspecified atom stereocenters. The molecule has 0 radical (unpaired) electrons. The van der Waals surface area contributed by atoms with E-state index in [2.05, 4.69) is 5.10 Å². The zero-order valence-electron chi connectivity index (χ0n) is 10.6. The summed E-state index contributed by atoms with van der Waals surface area (Å²) in [6, 6.07) is 2.18. The van der Waals surface area contributed by atoms with Crippen LogP contribution in [0, 0.1) is 0 Å². The van der Waals surface area contributed by atoms with Gasteiger partial charge in [0, 0.05) is 18.8 Å². The van der Waals surface area contributed by atoms with Crippen LogP contribution in [0.3, 0.4) is 0 Å². The smallest absolute Gasteiger partial charge is 0.274 e. The number of carbonyl (C=O) groups excluding carboxylic acids is 1. The van der Waals surface area contributed by atoms with Gasteiger partial charge in [-0.05, 0) is 26.8 Å². The number of morpholine rings is 1. The molecule has 0 saturated carbocycles. The molecule has 0 spiro atoms. The molecule has 1 amide bonds. The first-order valence-corrected chi connectivity index (χ1v) is 6.03. The minimum atomic E-state index is 0.000185. The highest BCUT2D eigenvalue weighted by atomic mass is 16.5. The zero-order chi connectivity index (χ0) is 12.4. The normalized spacial score (nSPS) is 20.9. The summed E-state index contributed by atoms with van der Waals surface area (Å²) in [6.45, 7) is 7.94. The highest BCUT2D eigenvalue weighted by molar-refractivity contribution is 5.92. The van der Waals surface area contributed by atoms with Crippen LogP contribution in [-0.4, -0.2) is 46.4 Å². The van der Waals surface area contributed by atoms with Gasteiger partial charge in [-0.1, -0.05) is 0 Å². The Balaban J connectivity index is 2.12. The Bertz CT molecular complexity index is 400. The van der Waals surface area contributed by atoms with E-state index in [9.17, 15) is 4.79 Å². The molecular formula is C12H19N3O2. The molecule has 5 nitrogen and oxygen atoms in total. The van der Waals surface area contributed by atoms with Gasteiger partial charge in [-0.3, -0.25) is 9.48 Å². The predicted molar refractivity (Wildman–Crippen MR) is 63.9 cm³/mol. The van der Waals surface area contributed by atoms with Crippen molar-refractivity contribution in [1.82, 2.24) is 14.7 Å². The third-order valence-electron chi connectivity index (χ3n) is 2.99. The van der Waals surface area contributed by atoms with Crippen LogP contribution in [0.5, 0.6) is 0 Å². The van der Waals surface area contributed by atoms with Gasteiger partial charge >= 0.3 is 0 Å². The van der Waals surface area contributed by atoms with Gasteiger partial charge in [0.2, 0.25) is 0 Å². The Labute approximate surface area is 101 Å². The molecule has 94 valence electrons. The minimum Gasteiger partial charge on any atom is -0.377 e. The fraction of sp³-hybridized carbons (Fsp3) is 0.667. The van der Waals surface area contributed by atoms with Crippen molar-refractivity contribution in [2.45, 2.75) is 32.9 Å². The van der Waals surface area contributed by atoms with E-state index in [1.807, 2.05) is 31.9 Å². The summed E-state index contributed by atoms with van der Waals surface area (Å²) in [4.78, 5) is 14.1. The lowest BCUT2D eigenvalue weighted by Gasteiger charge is -2.32. The Kier molecular flexibility index (Phi) is 3.47. The van der Waals surface area contributed by atoms with E-state index < -0.39 is 0 Å². The molecule has 1 aliphatic heterocycles. The number of carbonyl (C=O) groups is 1. The van der Waals surface area contributed by atoms with Gasteiger partial charge in [-0.25, -0.2) is 0 Å². The van der Waals surface area contributed by atoms with Gasteiger partial charge in [0.1, 0.15) is 5.69 Å². The van der Waals surface area contributed by atoms with Crippen LogP contribution < -0.4 is 0 Å². The summed E-state index contributed by atoms with van der Waals surface area (Å²) < 4.78 is 7.13. The van der Waals surface area contributed by atoms with E-state index in [1.54, 1.807) is 10.7 Å². The van der Waals surface area contributed by atoms with E-state index in [4.69, 9.17) is 4.74 Å². The summed E-state index contributed by atoms with van der Waals surface area (Å²) >= 11 is 0. The number of aromatic nitrogens is 2. The monoisotopic (exact) mass is 237 g/mol. The molecule has 17 heavy (non-hydrogen) atoms. The summed E-state index contributed by atoms with van der Waals surface area (Å²) in [5.41, 5.74) is 0.521. The Morgan fingerprint density at radius 3 is 2.94 bits per heavy atom. The zero-order valence-corrected chi connectivity index (χ0v) is 10.6. The minimum absolute atomic E-state index is 0.000185. The van der Waals surface area contributed by atoms with Gasteiger partial charge in [0.15, 0.2) is 0 Å². The van der Waals surface area contributed by atoms with Gasteiger partial charge < -0.3 is 9.64 Å². The fourth-order valence-corrected chi connectivity index (χ4v) is 1.92. The van der Waals surface area contributed by atoms with Crippen molar-refractivity contribution in [2.24, 2.45) is 0 Å². The van der Waals surface area contributed by atoms with Crippen molar-refractivity contribution >= 4 is 5.91 Å². The first-order chi connectivity index (χ1) is 8.09. The van der Waals surface area contributed by atoms with Crippen LogP contribution in [-0.2, 0) is 4.74 Å². The molecule has 1 fully saturated rings. The third-order valence-corrected chi connectivity index (χ3v) is 2.99. The van der Waals surface area contributed by atoms with Crippen LogP contribution in [0.1, 0.15) is 37.3 Å². The molecule has 0 N–H and O–H groups in total. The van der Waals surface area contributed by atoms with Gasteiger partial charge in [-0.15, -0.1) is 0 Å². The average molecular weight is 237 g/mol. The second-order valence-electron chi connectivity index (χ2n) is 4.70. The summed E-state index contributed by atoms with van der Waals surface area (Å²) in [5.74, 6) is 0.000185. The SMILES string of the molecule is CC(C)n1ccc(C(=O)N2CCOC[C@@H]2C)n1. The number of hydrogen-bond donors (Lipinski definition) is 0. The lowest BCUT2D eigenvalue weighted by molar-refractivity contribution is 0.00322. The summed E-state index contributed by atoms with van der Waals surface area (Å²) in [7, 11) is 0. The quantitative estimate of drug-likeness (QED) is 0.779. The van der Waals surface area contributed by atoms with E-state index in [0.29, 0.717) is 25.5 Å². The lowest BCUT2D eigenvalue weighted by Crippen LogP contribution is -2.47. The fourth-order valence-electron chi connectivity index (χ4n) is 1.92. The average Bonchev–Trinajstić information content (AvgIpc) is 2.78. The number of nitrogens with zero attached hydrogens (tertiary/aromatic N) is 3. The van der Waals surface area contributed by atoms with Crippen LogP contribution in [0.4, 0.5) is 0 Å². The second kappa shape index (κ2) is 4.87. The third kappa shape index (κ3) is 2.49. The molecule has 5 heteroatoms. The van der Waals surface area contributed by atoms with Crippen molar-refractivity contribution < 1.29 is 9.53 Å². The van der Waals surface area contributed by atoms with E-state index in [-0.39, 0.29) is 18.0 Å². The molecule has 2 heterocycles. The Hall–Kier alpha value is -1.36. The van der Waals surface area contributed by atoms with Gasteiger partial charge in [-0.2, -0.15) is 5.10 Å². The van der Waals surface area contributed by atoms with Crippen LogP contribution in [0.15, 0.2) is 12.3 Å². The number of hydrogen-bond acceptors (Lipinski definition) is 3. The first-order valence-electron chi connectivity index (χ1n) is 6.03. The van der Waals surface area contributed by atoms with Crippen LogP contribution in [0.25, 0.3) is 0 Å². The van der Waals surface area contributed by atoms with Crippen LogP contribution >= 0.6 is 0 Å². The summed E-state index contributed by atoms with van der Waals surface area (Å²) in [5, 5.41) is 4.30. The van der Waals surface area contributed by atoms with E-state index in [0.717, 1.165) is 0 Å². The molecule has 2 rings (SSSR count). The van der Waals surface area contributed by atoms with Crippen molar-refractivity contribution in [3.8, 4) is 0 Å². The second-order valence-corrected chi connectivity index (χ2v) is 4.70. The molecule has 1 atom stereocenters. The van der Waals surface area contributed by atoms with E-state index in [1.165, 1.54) is 0 Å². The standard InChI is InChI=1S/C12H19N3O2/c1-9(2)15-5-4-11(13-15)12(16)14-6-7-17-8-10(14)3/h4-5,9-10H,6-8H2,1-3H3/t10-/m0/s1. The maximum Gasteiger partial charge on any atom is 0.274 e. The lowest BCUT2D eigenvalue weighted by atomic mass is 10.2. The molecule has 0 aliphatic carbocycles. The molecule has 1 saturated heterocycles. The van der Waals surface area contributed by atoms with Gasteiger partial charge in [0.05, 0.1) is 19.3 Å². The highest BCUT2D eigenvalue weighted by Crippen LogP contribution is 2.12. The van der Waals surface area contributed by atoms with Crippen molar-refractivity contribution in [3.63, 3.8) is 0 Å². The molecule has 1 aromatic rings. The largest absolute Gasteiger partial charge is 0.377 e. The van der Waals surface area contributed by atoms with Crippen molar-refractivity contribution in [1.29, 1.82) is 0 Å². The number of rotatable bonds is 2. The maximum atomic E-state index is 12.2. The van der Waals surface area contributed by atoms with Crippen molar-refractivity contribution in [3.05, 3.63) is 18.0 Å². The first kappa shape index (κ1) is 12.1. The summed E-state index contributed by atoms with van der Waals surface area (Å²) in [6.07, 6.45) is 1.85. The topological polar surface area (TPSA) is 47.4 Å². The predicted octanol–water partition coefficient (Wildman–Crippen LogP) is 1.32.